The van der Waals surface area contributed by atoms with Crippen LogP contribution in [0.2, 0.25) is 0 Å². The van der Waals surface area contributed by atoms with Crippen molar-refractivity contribution in [2.45, 2.75) is 20.4 Å². The molecule has 0 atom stereocenters. The topological polar surface area (TPSA) is 56.7 Å². The fraction of sp³-hybridized carbons (Fsp3) is 0.214. The van der Waals surface area contributed by atoms with E-state index in [0.717, 1.165) is 11.4 Å². The molecule has 0 aliphatic carbocycles. The third kappa shape index (κ3) is 2.32. The summed E-state index contributed by atoms with van der Waals surface area (Å²) in [4.78, 5) is 4.22. The van der Waals surface area contributed by atoms with Gasteiger partial charge in [-0.1, -0.05) is 0 Å². The molecule has 0 fully saturated rings. The van der Waals surface area contributed by atoms with E-state index in [1.165, 1.54) is 12.1 Å². The van der Waals surface area contributed by atoms with Gasteiger partial charge in [-0.3, -0.25) is 0 Å². The average Bonchev–Trinajstić information content (AvgIpc) is 3.02. The van der Waals surface area contributed by atoms with E-state index in [1.54, 1.807) is 18.5 Å². The van der Waals surface area contributed by atoms with Crippen LogP contribution < -0.4 is 0 Å². The van der Waals surface area contributed by atoms with E-state index in [9.17, 15) is 4.39 Å². The van der Waals surface area contributed by atoms with Crippen LogP contribution in [0.3, 0.4) is 0 Å². The first-order valence-electron chi connectivity index (χ1n) is 6.20. The smallest absolute Gasteiger partial charge is 0.247 e. The Morgan fingerprint density at radius 3 is 2.55 bits per heavy atom. The van der Waals surface area contributed by atoms with Crippen molar-refractivity contribution in [3.63, 3.8) is 0 Å². The average molecular weight is 272 g/mol. The summed E-state index contributed by atoms with van der Waals surface area (Å²) in [6.45, 7) is 4.41. The third-order valence-electron chi connectivity index (χ3n) is 3.21. The Morgan fingerprint density at radius 2 is 1.90 bits per heavy atom. The summed E-state index contributed by atoms with van der Waals surface area (Å²) in [5.74, 6) is 0.581. The van der Waals surface area contributed by atoms with Gasteiger partial charge < -0.3 is 8.98 Å². The zero-order valence-corrected chi connectivity index (χ0v) is 11.2. The second kappa shape index (κ2) is 4.88. The van der Waals surface area contributed by atoms with E-state index < -0.39 is 0 Å². The summed E-state index contributed by atoms with van der Waals surface area (Å²) in [7, 11) is 0. The molecule has 0 aliphatic rings. The highest BCUT2D eigenvalue weighted by Crippen LogP contribution is 2.18. The van der Waals surface area contributed by atoms with Crippen LogP contribution in [0.25, 0.3) is 11.5 Å². The SMILES string of the molecule is Cc1ncn(Cc2nnc(-c3ccc(F)cc3)o2)c1C. The van der Waals surface area contributed by atoms with Crippen LogP contribution in [-0.2, 0) is 6.54 Å². The van der Waals surface area contributed by atoms with Gasteiger partial charge in [0.1, 0.15) is 12.4 Å². The van der Waals surface area contributed by atoms with Crippen LogP contribution in [0.5, 0.6) is 0 Å². The summed E-state index contributed by atoms with van der Waals surface area (Å²) < 4.78 is 20.4. The number of halogens is 1. The highest BCUT2D eigenvalue weighted by Gasteiger charge is 2.10. The fourth-order valence-corrected chi connectivity index (χ4v) is 1.88. The van der Waals surface area contributed by atoms with Crippen LogP contribution in [0, 0.1) is 19.7 Å². The normalized spacial score (nSPS) is 10.9. The zero-order chi connectivity index (χ0) is 14.1. The predicted octanol–water partition coefficient (Wildman–Crippen LogP) is 2.74. The molecule has 0 aliphatic heterocycles. The van der Waals surface area contributed by atoms with Crippen molar-refractivity contribution < 1.29 is 8.81 Å². The van der Waals surface area contributed by atoms with Crippen molar-refractivity contribution in [2.75, 3.05) is 0 Å². The van der Waals surface area contributed by atoms with Gasteiger partial charge in [0.05, 0.1) is 12.0 Å². The molecule has 0 bridgehead atoms. The summed E-state index contributed by atoms with van der Waals surface area (Å²) in [5, 5.41) is 7.98. The van der Waals surface area contributed by atoms with E-state index in [2.05, 4.69) is 15.2 Å². The zero-order valence-electron chi connectivity index (χ0n) is 11.2. The molecule has 6 heteroatoms. The van der Waals surface area contributed by atoms with Gasteiger partial charge in [-0.2, -0.15) is 0 Å². The quantitative estimate of drug-likeness (QED) is 0.735. The molecule has 1 aromatic carbocycles. The lowest BCUT2D eigenvalue weighted by atomic mass is 10.2. The Morgan fingerprint density at radius 1 is 1.15 bits per heavy atom. The molecule has 5 nitrogen and oxygen atoms in total. The van der Waals surface area contributed by atoms with E-state index in [4.69, 9.17) is 4.42 Å². The van der Waals surface area contributed by atoms with Crippen molar-refractivity contribution >= 4 is 0 Å². The molecule has 2 heterocycles. The number of hydrogen-bond donors (Lipinski definition) is 0. The van der Waals surface area contributed by atoms with Crippen LogP contribution in [0.4, 0.5) is 4.39 Å². The molecule has 3 rings (SSSR count). The monoisotopic (exact) mass is 272 g/mol. The number of hydrogen-bond acceptors (Lipinski definition) is 4. The Balaban J connectivity index is 1.83. The minimum Gasteiger partial charge on any atom is -0.419 e. The van der Waals surface area contributed by atoms with Gasteiger partial charge in [-0.25, -0.2) is 9.37 Å². The van der Waals surface area contributed by atoms with Gasteiger partial charge in [0.2, 0.25) is 11.8 Å². The number of rotatable bonds is 3. The molecule has 102 valence electrons. The molecule has 0 unspecified atom stereocenters. The minimum atomic E-state index is -0.294. The molecular formula is C14H13FN4O. The summed E-state index contributed by atoms with van der Waals surface area (Å²) >= 11 is 0. The van der Waals surface area contributed by atoms with E-state index in [0.29, 0.717) is 23.9 Å². The van der Waals surface area contributed by atoms with Gasteiger partial charge in [-0.15, -0.1) is 10.2 Å². The molecule has 20 heavy (non-hydrogen) atoms. The first-order chi connectivity index (χ1) is 9.63. The number of nitrogens with zero attached hydrogens (tertiary/aromatic N) is 4. The largest absolute Gasteiger partial charge is 0.419 e. The summed E-state index contributed by atoms with van der Waals surface area (Å²) in [6, 6.07) is 5.95. The highest BCUT2D eigenvalue weighted by molar-refractivity contribution is 5.51. The predicted molar refractivity (Wildman–Crippen MR) is 70.5 cm³/mol. The van der Waals surface area contributed by atoms with Gasteiger partial charge in [0, 0.05) is 11.3 Å². The van der Waals surface area contributed by atoms with Crippen LogP contribution in [-0.4, -0.2) is 19.7 Å². The minimum absolute atomic E-state index is 0.294. The molecule has 0 spiro atoms. The maximum atomic E-state index is 12.9. The van der Waals surface area contributed by atoms with Crippen molar-refractivity contribution in [1.29, 1.82) is 0 Å². The van der Waals surface area contributed by atoms with Crippen molar-refractivity contribution in [3.8, 4) is 11.5 Å². The molecule has 0 saturated carbocycles. The van der Waals surface area contributed by atoms with Crippen LogP contribution in [0.15, 0.2) is 35.0 Å². The van der Waals surface area contributed by atoms with E-state index in [-0.39, 0.29) is 5.82 Å². The molecule has 0 radical (unpaired) electrons. The fourth-order valence-electron chi connectivity index (χ4n) is 1.88. The van der Waals surface area contributed by atoms with Crippen molar-refractivity contribution in [2.24, 2.45) is 0 Å². The highest BCUT2D eigenvalue weighted by atomic mass is 19.1. The van der Waals surface area contributed by atoms with Gasteiger partial charge in [-0.05, 0) is 38.1 Å². The Kier molecular flexibility index (Phi) is 3.06. The second-order valence-electron chi connectivity index (χ2n) is 4.55. The maximum Gasteiger partial charge on any atom is 0.247 e. The lowest BCUT2D eigenvalue weighted by Crippen LogP contribution is -2.00. The molecule has 0 saturated heterocycles. The number of aryl methyl sites for hydroxylation is 1. The van der Waals surface area contributed by atoms with Gasteiger partial charge >= 0.3 is 0 Å². The molecule has 2 aromatic heterocycles. The molecule has 0 amide bonds. The Bertz CT molecular complexity index is 730. The Labute approximate surface area is 115 Å². The van der Waals surface area contributed by atoms with E-state index >= 15 is 0 Å². The Hall–Kier alpha value is -2.50. The molecular weight excluding hydrogens is 259 g/mol. The van der Waals surface area contributed by atoms with E-state index in [1.807, 2.05) is 18.4 Å². The van der Waals surface area contributed by atoms with Gasteiger partial charge in [0.25, 0.3) is 0 Å². The molecule has 3 aromatic rings. The summed E-state index contributed by atoms with van der Waals surface area (Å²) in [5.41, 5.74) is 2.73. The number of benzene rings is 1. The first kappa shape index (κ1) is 12.5. The standard InChI is InChI=1S/C14H13FN4O/c1-9-10(2)19(8-16-9)7-13-17-18-14(20-13)11-3-5-12(15)6-4-11/h3-6,8H,7H2,1-2H3. The third-order valence-corrected chi connectivity index (χ3v) is 3.21. The van der Waals surface area contributed by atoms with Crippen LogP contribution in [0.1, 0.15) is 17.3 Å². The van der Waals surface area contributed by atoms with Crippen molar-refractivity contribution in [1.82, 2.24) is 19.7 Å². The van der Waals surface area contributed by atoms with Crippen LogP contribution >= 0.6 is 0 Å². The lowest BCUT2D eigenvalue weighted by molar-refractivity contribution is 0.485. The maximum absolute atomic E-state index is 12.9. The second-order valence-corrected chi connectivity index (χ2v) is 4.55. The number of aromatic nitrogens is 4. The first-order valence-corrected chi connectivity index (χ1v) is 6.20. The van der Waals surface area contributed by atoms with Crippen molar-refractivity contribution in [3.05, 3.63) is 53.7 Å². The molecule has 0 N–H and O–H groups in total. The summed E-state index contributed by atoms with van der Waals surface area (Å²) in [6.07, 6.45) is 1.74. The number of imidazole rings is 1. The van der Waals surface area contributed by atoms with Gasteiger partial charge in [0.15, 0.2) is 0 Å². The lowest BCUT2D eigenvalue weighted by Gasteiger charge is -2.00.